The molecule has 278 valence electrons. The summed E-state index contributed by atoms with van der Waals surface area (Å²) in [6, 6.07) is 41.2. The summed E-state index contributed by atoms with van der Waals surface area (Å²) in [7, 11) is 0. The van der Waals surface area contributed by atoms with Crippen LogP contribution >= 0.6 is 0 Å². The molecule has 0 spiro atoms. The largest absolute Gasteiger partial charge is 0.472 e. The third-order valence-corrected chi connectivity index (χ3v) is 12.8. The molecule has 0 saturated heterocycles. The second kappa shape index (κ2) is 12.0. The van der Waals surface area contributed by atoms with E-state index in [4.69, 9.17) is 4.42 Å². The van der Waals surface area contributed by atoms with Gasteiger partial charge < -0.3 is 14.2 Å². The molecule has 9 rings (SSSR count). The molecule has 0 unspecified atom stereocenters. The van der Waals surface area contributed by atoms with Crippen LogP contribution in [0.4, 0.5) is 34.1 Å². The van der Waals surface area contributed by atoms with Gasteiger partial charge in [0.25, 0.3) is 6.71 Å². The van der Waals surface area contributed by atoms with Crippen LogP contribution in [-0.2, 0) is 21.7 Å². The Hall–Kier alpha value is -4.96. The van der Waals surface area contributed by atoms with Crippen LogP contribution in [0.1, 0.15) is 110 Å². The zero-order valence-corrected chi connectivity index (χ0v) is 34.7. The Kier molecular flexibility index (Phi) is 7.81. The zero-order chi connectivity index (χ0) is 38.8. The molecule has 3 heterocycles. The summed E-state index contributed by atoms with van der Waals surface area (Å²) in [6.07, 6.45) is 2.21. The highest BCUT2D eigenvalue weighted by Gasteiger charge is 2.52. The van der Waals surface area contributed by atoms with E-state index in [0.717, 1.165) is 24.3 Å². The molecule has 2 aliphatic heterocycles. The second-order valence-corrected chi connectivity index (χ2v) is 19.8. The van der Waals surface area contributed by atoms with Crippen LogP contribution < -0.4 is 26.4 Å². The van der Waals surface area contributed by atoms with Crippen LogP contribution in [0.25, 0.3) is 11.1 Å². The average molecular weight is 723 g/mol. The minimum Gasteiger partial charge on any atom is -0.472 e. The van der Waals surface area contributed by atoms with Gasteiger partial charge in [0.1, 0.15) is 5.76 Å². The molecule has 0 N–H and O–H groups in total. The van der Waals surface area contributed by atoms with E-state index in [-0.39, 0.29) is 28.4 Å². The summed E-state index contributed by atoms with van der Waals surface area (Å²) < 4.78 is 7.54. The summed E-state index contributed by atoms with van der Waals surface area (Å²) in [5.41, 5.74) is 18.6. The third kappa shape index (κ3) is 5.53. The van der Waals surface area contributed by atoms with Crippen LogP contribution in [0.15, 0.2) is 114 Å². The first kappa shape index (κ1) is 35.7. The maximum absolute atomic E-state index is 7.54. The van der Waals surface area contributed by atoms with Crippen molar-refractivity contribution in [2.75, 3.05) is 9.80 Å². The molecular formula is C51H55BN2O. The summed E-state index contributed by atoms with van der Waals surface area (Å²) >= 11 is 0. The maximum atomic E-state index is 7.54. The van der Waals surface area contributed by atoms with Gasteiger partial charge in [0.2, 0.25) is 0 Å². The lowest BCUT2D eigenvalue weighted by Crippen LogP contribution is -2.61. The van der Waals surface area contributed by atoms with Gasteiger partial charge in [-0.25, -0.2) is 0 Å². The molecule has 0 amide bonds. The Labute approximate surface area is 329 Å². The van der Waals surface area contributed by atoms with Crippen molar-refractivity contribution in [2.24, 2.45) is 0 Å². The number of furan rings is 1. The van der Waals surface area contributed by atoms with Crippen LogP contribution in [0.5, 0.6) is 0 Å². The van der Waals surface area contributed by atoms with E-state index in [1.165, 1.54) is 78.4 Å². The fraction of sp³-hybridized carbons (Fsp3) is 0.333. The average Bonchev–Trinajstić information content (AvgIpc) is 3.56. The highest BCUT2D eigenvalue weighted by atomic mass is 16.3. The number of para-hydroxylation sites is 1. The minimum absolute atomic E-state index is 0.0249. The number of anilines is 6. The Bertz CT molecular complexity index is 2470. The van der Waals surface area contributed by atoms with Crippen molar-refractivity contribution in [3.63, 3.8) is 0 Å². The molecular weight excluding hydrogens is 667 g/mol. The Morgan fingerprint density at radius 1 is 0.600 bits per heavy atom. The van der Waals surface area contributed by atoms with E-state index >= 15 is 0 Å². The molecule has 1 aromatic heterocycles. The van der Waals surface area contributed by atoms with Crippen molar-refractivity contribution in [3.05, 3.63) is 137 Å². The lowest BCUT2D eigenvalue weighted by molar-refractivity contribution is 0.282. The smallest absolute Gasteiger partial charge is 0.297 e. The number of nitrogens with zero attached hydrogens (tertiary/aromatic N) is 2. The molecule has 0 fully saturated rings. The Morgan fingerprint density at radius 2 is 1.20 bits per heavy atom. The van der Waals surface area contributed by atoms with E-state index in [0.29, 0.717) is 0 Å². The van der Waals surface area contributed by atoms with Gasteiger partial charge in [-0.1, -0.05) is 142 Å². The van der Waals surface area contributed by atoms with E-state index in [2.05, 4.69) is 195 Å². The van der Waals surface area contributed by atoms with Gasteiger partial charge in [-0.15, -0.1) is 0 Å². The standard InChI is InChI=1S/C51H55BN2O/c1-32-29-41-44-42(30-32)54(39-20-16-15-19-37(39)33-17-13-12-14-18-33)40-26-23-35(49(5,6)7)31-38(40)52(44)47-45(43-46(55-47)51(10,11)28-27-50(43,8)9)53(41)36-24-21-34(22-25-36)48(2,3)4/h12-26,29-31H,27-28H2,1-11H3. The van der Waals surface area contributed by atoms with Crippen molar-refractivity contribution in [1.29, 1.82) is 0 Å². The molecule has 0 atom stereocenters. The van der Waals surface area contributed by atoms with Gasteiger partial charge >= 0.3 is 0 Å². The SMILES string of the molecule is Cc1cc2c3c(c1)N(c1ccc(C(C)(C)C)cc1)c1c(oc4c1C(C)(C)CCC4(C)C)B3c1cc(C(C)(C)C)ccc1N2c1ccccc1-c1ccccc1. The van der Waals surface area contributed by atoms with Crippen molar-refractivity contribution < 1.29 is 4.42 Å². The Morgan fingerprint density at radius 3 is 1.87 bits per heavy atom. The van der Waals surface area contributed by atoms with E-state index < -0.39 is 0 Å². The van der Waals surface area contributed by atoms with Gasteiger partial charge in [0.15, 0.2) is 0 Å². The van der Waals surface area contributed by atoms with Crippen LogP contribution in [0, 0.1) is 6.92 Å². The molecule has 6 aromatic rings. The van der Waals surface area contributed by atoms with E-state index in [1.54, 1.807) is 0 Å². The van der Waals surface area contributed by atoms with Crippen molar-refractivity contribution in [3.8, 4) is 11.1 Å². The normalized spacial score (nSPS) is 16.7. The van der Waals surface area contributed by atoms with Gasteiger partial charge in [0, 0.05) is 39.3 Å². The molecule has 0 radical (unpaired) electrons. The topological polar surface area (TPSA) is 19.6 Å². The lowest BCUT2D eigenvalue weighted by Gasteiger charge is -2.44. The predicted molar refractivity (Wildman–Crippen MR) is 236 cm³/mol. The third-order valence-electron chi connectivity index (χ3n) is 12.8. The van der Waals surface area contributed by atoms with Crippen LogP contribution in [0.2, 0.25) is 0 Å². The quantitative estimate of drug-likeness (QED) is 0.169. The summed E-state index contributed by atoms with van der Waals surface area (Å²) in [5, 5.41) is 0. The first-order valence-corrected chi connectivity index (χ1v) is 20.3. The monoisotopic (exact) mass is 722 g/mol. The summed E-state index contributed by atoms with van der Waals surface area (Å²) in [4.78, 5) is 5.13. The predicted octanol–water partition coefficient (Wildman–Crippen LogP) is 12.3. The van der Waals surface area contributed by atoms with Gasteiger partial charge in [-0.3, -0.25) is 0 Å². The number of hydrogen-bond acceptors (Lipinski definition) is 3. The Balaban J connectivity index is 1.41. The molecule has 5 aromatic carbocycles. The van der Waals surface area contributed by atoms with Crippen molar-refractivity contribution >= 4 is 57.4 Å². The molecule has 1 aliphatic carbocycles. The molecule has 3 aliphatic rings. The first-order valence-electron chi connectivity index (χ1n) is 20.3. The zero-order valence-electron chi connectivity index (χ0n) is 34.7. The number of rotatable bonds is 3. The molecule has 3 nitrogen and oxygen atoms in total. The fourth-order valence-corrected chi connectivity index (χ4v) is 9.55. The summed E-state index contributed by atoms with van der Waals surface area (Å²) in [6.45, 7) is 25.7. The molecule has 55 heavy (non-hydrogen) atoms. The van der Waals surface area contributed by atoms with Crippen LogP contribution in [-0.4, -0.2) is 6.71 Å². The number of hydrogen-bond donors (Lipinski definition) is 0. The van der Waals surface area contributed by atoms with Crippen molar-refractivity contribution in [2.45, 2.75) is 111 Å². The summed E-state index contributed by atoms with van der Waals surface area (Å²) in [5.74, 6) is 1.15. The number of benzene rings is 5. The number of fused-ring (bicyclic) bond motifs is 6. The van der Waals surface area contributed by atoms with Gasteiger partial charge in [0.05, 0.1) is 17.0 Å². The maximum Gasteiger partial charge on any atom is 0.297 e. The van der Waals surface area contributed by atoms with Crippen LogP contribution in [0.3, 0.4) is 0 Å². The number of aryl methyl sites for hydroxylation is 1. The van der Waals surface area contributed by atoms with Crippen molar-refractivity contribution in [1.82, 2.24) is 0 Å². The lowest BCUT2D eigenvalue weighted by atomic mass is 9.35. The van der Waals surface area contributed by atoms with E-state index in [1.807, 2.05) is 0 Å². The molecule has 0 bridgehead atoms. The molecule has 4 heteroatoms. The fourth-order valence-electron chi connectivity index (χ4n) is 9.55. The minimum atomic E-state index is -0.0830. The second-order valence-electron chi connectivity index (χ2n) is 19.8. The van der Waals surface area contributed by atoms with E-state index in [9.17, 15) is 0 Å². The highest BCUT2D eigenvalue weighted by molar-refractivity contribution is 6.99. The van der Waals surface area contributed by atoms with Gasteiger partial charge in [-0.2, -0.15) is 0 Å². The highest BCUT2D eigenvalue weighted by Crippen LogP contribution is 2.55. The van der Waals surface area contributed by atoms with Gasteiger partial charge in [-0.05, 0) is 106 Å². The molecule has 0 saturated carbocycles. The first-order chi connectivity index (χ1) is 26.0.